The Morgan fingerprint density at radius 2 is 1.87 bits per heavy atom. The lowest BCUT2D eigenvalue weighted by Gasteiger charge is -2.13. The fraction of sp³-hybridized carbons (Fsp3) is 0.261. The van der Waals surface area contributed by atoms with Crippen LogP contribution in [0.5, 0.6) is 5.75 Å². The summed E-state index contributed by atoms with van der Waals surface area (Å²) in [7, 11) is 0. The molecule has 0 atom stereocenters. The van der Waals surface area contributed by atoms with Gasteiger partial charge in [0.1, 0.15) is 12.4 Å². The standard InChI is InChI=1S/C23H25ClN4O2S/c1-5-10-28-20(13-30-19-8-6-18(24)7-9-19)26-27-23(28)31-14-21(29)25-22-16(3)11-15(2)12-17(22)4/h5-9,11-12H,1,10,13-14H2,2-4H3,(H,25,29). The Kier molecular flexibility index (Phi) is 7.76. The van der Waals surface area contributed by atoms with Crippen molar-refractivity contribution in [3.8, 4) is 5.75 Å². The van der Waals surface area contributed by atoms with E-state index in [4.69, 9.17) is 16.3 Å². The average molecular weight is 457 g/mol. The summed E-state index contributed by atoms with van der Waals surface area (Å²) in [5.74, 6) is 1.48. The van der Waals surface area contributed by atoms with Crippen molar-refractivity contribution in [1.82, 2.24) is 14.8 Å². The topological polar surface area (TPSA) is 69.0 Å². The highest BCUT2D eigenvalue weighted by Gasteiger charge is 2.15. The van der Waals surface area contributed by atoms with Crippen LogP contribution in [-0.2, 0) is 17.9 Å². The maximum atomic E-state index is 12.5. The van der Waals surface area contributed by atoms with Gasteiger partial charge in [0, 0.05) is 17.3 Å². The van der Waals surface area contributed by atoms with Crippen molar-refractivity contribution in [1.29, 1.82) is 0 Å². The summed E-state index contributed by atoms with van der Waals surface area (Å²) in [6.45, 7) is 10.6. The maximum absolute atomic E-state index is 12.5. The Morgan fingerprint density at radius 1 is 1.19 bits per heavy atom. The summed E-state index contributed by atoms with van der Waals surface area (Å²) >= 11 is 7.24. The first-order valence-corrected chi connectivity index (χ1v) is 11.2. The maximum Gasteiger partial charge on any atom is 0.234 e. The van der Waals surface area contributed by atoms with E-state index in [1.165, 1.54) is 17.3 Å². The molecule has 0 aliphatic carbocycles. The molecule has 162 valence electrons. The predicted octanol–water partition coefficient (Wildman–Crippen LogP) is 5.35. The van der Waals surface area contributed by atoms with Crippen LogP contribution in [0.15, 0.2) is 54.2 Å². The predicted molar refractivity (Wildman–Crippen MR) is 126 cm³/mol. The molecule has 1 aromatic heterocycles. The van der Waals surface area contributed by atoms with Crippen LogP contribution in [-0.4, -0.2) is 26.4 Å². The van der Waals surface area contributed by atoms with Gasteiger partial charge in [-0.25, -0.2) is 0 Å². The van der Waals surface area contributed by atoms with Crippen molar-refractivity contribution in [2.24, 2.45) is 0 Å². The second-order valence-corrected chi connectivity index (χ2v) is 8.53. The van der Waals surface area contributed by atoms with E-state index in [0.29, 0.717) is 28.3 Å². The molecule has 1 N–H and O–H groups in total. The van der Waals surface area contributed by atoms with Crippen molar-refractivity contribution in [3.05, 3.63) is 76.6 Å². The number of benzene rings is 2. The first-order valence-electron chi connectivity index (χ1n) is 9.79. The molecule has 0 aliphatic rings. The summed E-state index contributed by atoms with van der Waals surface area (Å²) in [5, 5.41) is 12.8. The zero-order valence-electron chi connectivity index (χ0n) is 17.8. The highest BCUT2D eigenvalue weighted by Crippen LogP contribution is 2.24. The zero-order valence-corrected chi connectivity index (χ0v) is 19.4. The van der Waals surface area contributed by atoms with E-state index in [-0.39, 0.29) is 18.3 Å². The number of hydrogen-bond donors (Lipinski definition) is 1. The number of rotatable bonds is 9. The monoisotopic (exact) mass is 456 g/mol. The largest absolute Gasteiger partial charge is 0.486 e. The number of allylic oxidation sites excluding steroid dienone is 1. The molecule has 2 aromatic carbocycles. The van der Waals surface area contributed by atoms with Gasteiger partial charge in [0.25, 0.3) is 0 Å². The summed E-state index contributed by atoms with van der Waals surface area (Å²) < 4.78 is 7.68. The summed E-state index contributed by atoms with van der Waals surface area (Å²) in [6.07, 6.45) is 1.76. The SMILES string of the molecule is C=CCn1c(COc2ccc(Cl)cc2)nnc1SCC(=O)Nc1c(C)cc(C)cc1C. The lowest BCUT2D eigenvalue weighted by molar-refractivity contribution is -0.113. The molecule has 0 unspecified atom stereocenters. The van der Waals surface area contributed by atoms with Gasteiger partial charge in [0.15, 0.2) is 11.0 Å². The van der Waals surface area contributed by atoms with Gasteiger partial charge in [-0.3, -0.25) is 9.36 Å². The minimum atomic E-state index is -0.0906. The number of hydrogen-bond acceptors (Lipinski definition) is 5. The normalized spacial score (nSPS) is 10.7. The average Bonchev–Trinajstić information content (AvgIpc) is 3.10. The van der Waals surface area contributed by atoms with Crippen LogP contribution in [0.25, 0.3) is 0 Å². The highest BCUT2D eigenvalue weighted by molar-refractivity contribution is 7.99. The molecule has 0 radical (unpaired) electrons. The number of ether oxygens (including phenoxy) is 1. The van der Waals surface area contributed by atoms with E-state index in [0.717, 1.165) is 16.8 Å². The minimum absolute atomic E-state index is 0.0906. The molecule has 3 rings (SSSR count). The number of anilines is 1. The van der Waals surface area contributed by atoms with E-state index in [9.17, 15) is 4.79 Å². The first kappa shape index (κ1) is 22.9. The van der Waals surface area contributed by atoms with E-state index >= 15 is 0 Å². The second-order valence-electron chi connectivity index (χ2n) is 7.15. The van der Waals surface area contributed by atoms with Crippen molar-refractivity contribution in [2.45, 2.75) is 39.1 Å². The van der Waals surface area contributed by atoms with Gasteiger partial charge in [-0.1, -0.05) is 47.1 Å². The van der Waals surface area contributed by atoms with Crippen LogP contribution in [0.3, 0.4) is 0 Å². The number of aryl methyl sites for hydroxylation is 3. The number of carbonyl (C=O) groups is 1. The molecule has 0 spiro atoms. The molecular weight excluding hydrogens is 432 g/mol. The molecule has 0 saturated carbocycles. The smallest absolute Gasteiger partial charge is 0.234 e. The van der Waals surface area contributed by atoms with Crippen molar-refractivity contribution in [2.75, 3.05) is 11.1 Å². The van der Waals surface area contributed by atoms with Gasteiger partial charge >= 0.3 is 0 Å². The van der Waals surface area contributed by atoms with Crippen LogP contribution in [0.2, 0.25) is 5.02 Å². The number of halogens is 1. The number of thioether (sulfide) groups is 1. The quantitative estimate of drug-likeness (QED) is 0.347. The lowest BCUT2D eigenvalue weighted by Crippen LogP contribution is -2.16. The first-order chi connectivity index (χ1) is 14.9. The number of aromatic nitrogens is 3. The molecular formula is C23H25ClN4O2S. The van der Waals surface area contributed by atoms with Gasteiger partial charge in [0.05, 0.1) is 5.75 Å². The molecule has 8 heteroatoms. The lowest BCUT2D eigenvalue weighted by atomic mass is 10.1. The van der Waals surface area contributed by atoms with Gasteiger partial charge in [-0.15, -0.1) is 16.8 Å². The molecule has 0 bridgehead atoms. The molecule has 0 aliphatic heterocycles. The van der Waals surface area contributed by atoms with Gasteiger partial charge < -0.3 is 10.1 Å². The van der Waals surface area contributed by atoms with Gasteiger partial charge in [0.2, 0.25) is 5.91 Å². The fourth-order valence-electron chi connectivity index (χ4n) is 3.21. The Labute approximate surface area is 191 Å². The van der Waals surface area contributed by atoms with E-state index in [1.807, 2.05) is 25.3 Å². The summed E-state index contributed by atoms with van der Waals surface area (Å²) in [5.41, 5.74) is 4.13. The van der Waals surface area contributed by atoms with Crippen LogP contribution in [0.1, 0.15) is 22.5 Å². The third kappa shape index (κ3) is 6.12. The molecule has 0 saturated heterocycles. The second kappa shape index (κ2) is 10.5. The van der Waals surface area contributed by atoms with Crippen LogP contribution < -0.4 is 10.1 Å². The highest BCUT2D eigenvalue weighted by atomic mass is 35.5. The summed E-state index contributed by atoms with van der Waals surface area (Å²) in [6, 6.07) is 11.2. The number of nitrogens with zero attached hydrogens (tertiary/aromatic N) is 3. The Morgan fingerprint density at radius 3 is 2.52 bits per heavy atom. The number of amides is 1. The van der Waals surface area contributed by atoms with E-state index < -0.39 is 0 Å². The third-order valence-corrected chi connectivity index (χ3v) is 5.78. The number of nitrogens with one attached hydrogen (secondary N) is 1. The van der Waals surface area contributed by atoms with Crippen LogP contribution >= 0.6 is 23.4 Å². The van der Waals surface area contributed by atoms with Crippen LogP contribution in [0.4, 0.5) is 5.69 Å². The fourth-order valence-corrected chi connectivity index (χ4v) is 4.10. The van der Waals surface area contributed by atoms with Gasteiger partial charge in [-0.2, -0.15) is 0 Å². The van der Waals surface area contributed by atoms with E-state index in [1.54, 1.807) is 30.3 Å². The summed E-state index contributed by atoms with van der Waals surface area (Å²) in [4.78, 5) is 12.5. The third-order valence-electron chi connectivity index (χ3n) is 4.56. The Hall–Kier alpha value is -2.77. The minimum Gasteiger partial charge on any atom is -0.486 e. The Balaban J connectivity index is 1.64. The molecule has 1 heterocycles. The molecule has 0 fully saturated rings. The van der Waals surface area contributed by atoms with Crippen molar-refractivity contribution >= 4 is 35.0 Å². The Bertz CT molecular complexity index is 1060. The number of carbonyl (C=O) groups excluding carboxylic acids is 1. The molecule has 31 heavy (non-hydrogen) atoms. The molecule has 3 aromatic rings. The van der Waals surface area contributed by atoms with Crippen LogP contribution in [0, 0.1) is 20.8 Å². The van der Waals surface area contributed by atoms with E-state index in [2.05, 4.69) is 34.2 Å². The molecule has 1 amide bonds. The van der Waals surface area contributed by atoms with Crippen molar-refractivity contribution in [3.63, 3.8) is 0 Å². The zero-order chi connectivity index (χ0) is 22.4. The van der Waals surface area contributed by atoms with Gasteiger partial charge in [-0.05, 0) is 56.2 Å². The molecule has 6 nitrogen and oxygen atoms in total. The van der Waals surface area contributed by atoms with Crippen molar-refractivity contribution < 1.29 is 9.53 Å².